The van der Waals surface area contributed by atoms with Crippen LogP contribution in [0.2, 0.25) is 0 Å². The molecule has 0 unspecified atom stereocenters. The van der Waals surface area contributed by atoms with Crippen LogP contribution in [0.15, 0.2) is 205 Å². The second-order valence-electron chi connectivity index (χ2n) is 15.5. The highest BCUT2D eigenvalue weighted by molar-refractivity contribution is 7.26. The van der Waals surface area contributed by atoms with Crippen molar-refractivity contribution < 1.29 is 4.42 Å². The number of furan rings is 1. The summed E-state index contributed by atoms with van der Waals surface area (Å²) in [6, 6.07) is 71.7. The largest absolute Gasteiger partial charge is 0.454 e. The first-order chi connectivity index (χ1) is 29.8. The molecular formula is C55H33N3OS. The summed E-state index contributed by atoms with van der Waals surface area (Å²) < 4.78 is 14.5. The zero-order valence-electron chi connectivity index (χ0n) is 32.2. The van der Waals surface area contributed by atoms with Crippen molar-refractivity contribution in [2.45, 2.75) is 0 Å². The number of fused-ring (bicyclic) bond motifs is 10. The standard InChI is InChI=1S/C55H33N3OS/c1-3-15-34(16-4-1)36-32-44(55-56-45-24-9-11-26-48(45)57(55)37-17-5-2-6-18-37)52-42-23-14-27-49(53(42)59-50(52)33-36)58-46-25-10-7-19-39(46)43-31-35(29-30-47(43)58)38-21-13-22-41-40-20-8-12-28-51(40)60-54(38)41/h1-33H. The fraction of sp³-hybridized carbons (Fsp3) is 0. The molecule has 0 aliphatic carbocycles. The molecule has 4 nitrogen and oxygen atoms in total. The van der Waals surface area contributed by atoms with Crippen LogP contribution in [0.1, 0.15) is 0 Å². The Hall–Kier alpha value is -7.73. The van der Waals surface area contributed by atoms with Gasteiger partial charge in [-0.25, -0.2) is 4.98 Å². The molecule has 0 radical (unpaired) electrons. The predicted molar refractivity (Wildman–Crippen MR) is 252 cm³/mol. The van der Waals surface area contributed by atoms with E-state index in [1.165, 1.54) is 42.1 Å². The lowest BCUT2D eigenvalue weighted by Gasteiger charge is -2.12. The summed E-state index contributed by atoms with van der Waals surface area (Å²) in [4.78, 5) is 5.37. The van der Waals surface area contributed by atoms with Gasteiger partial charge >= 0.3 is 0 Å². The van der Waals surface area contributed by atoms with E-state index in [4.69, 9.17) is 9.40 Å². The summed E-state index contributed by atoms with van der Waals surface area (Å²) in [7, 11) is 0. The lowest BCUT2D eigenvalue weighted by molar-refractivity contribution is 0.666. The number of para-hydroxylation sites is 5. The number of benzene rings is 9. The van der Waals surface area contributed by atoms with Gasteiger partial charge in [-0.05, 0) is 89.0 Å². The van der Waals surface area contributed by atoms with E-state index >= 15 is 0 Å². The van der Waals surface area contributed by atoms with Gasteiger partial charge < -0.3 is 8.98 Å². The van der Waals surface area contributed by atoms with Crippen molar-refractivity contribution in [2.75, 3.05) is 0 Å². The lowest BCUT2D eigenvalue weighted by Crippen LogP contribution is -1.98. The van der Waals surface area contributed by atoms with E-state index in [1.807, 2.05) is 11.3 Å². The van der Waals surface area contributed by atoms with Crippen LogP contribution in [0.4, 0.5) is 0 Å². The minimum Gasteiger partial charge on any atom is -0.454 e. The molecule has 0 N–H and O–H groups in total. The average Bonchev–Trinajstić information content (AvgIpc) is 4.08. The molecule has 4 heterocycles. The highest BCUT2D eigenvalue weighted by Gasteiger charge is 2.24. The maximum atomic E-state index is 7.16. The first kappa shape index (κ1) is 33.3. The molecule has 0 saturated heterocycles. The van der Waals surface area contributed by atoms with E-state index in [2.05, 4.69) is 209 Å². The highest BCUT2D eigenvalue weighted by Crippen LogP contribution is 2.46. The predicted octanol–water partition coefficient (Wildman–Crippen LogP) is 15.4. The van der Waals surface area contributed by atoms with Gasteiger partial charge in [0.25, 0.3) is 0 Å². The van der Waals surface area contributed by atoms with Gasteiger partial charge in [-0.2, -0.15) is 0 Å². The quantitative estimate of drug-likeness (QED) is 0.174. The van der Waals surface area contributed by atoms with Crippen LogP contribution in [0.3, 0.4) is 0 Å². The van der Waals surface area contributed by atoms with Gasteiger partial charge in [-0.15, -0.1) is 11.3 Å². The van der Waals surface area contributed by atoms with E-state index in [-0.39, 0.29) is 0 Å². The highest BCUT2D eigenvalue weighted by atomic mass is 32.1. The van der Waals surface area contributed by atoms with Crippen LogP contribution in [0, 0.1) is 0 Å². The van der Waals surface area contributed by atoms with Crippen molar-refractivity contribution in [3.8, 4) is 45.0 Å². The molecular weight excluding hydrogens is 751 g/mol. The van der Waals surface area contributed by atoms with E-state index < -0.39 is 0 Å². The minimum absolute atomic E-state index is 0.819. The zero-order valence-corrected chi connectivity index (χ0v) is 33.0. The van der Waals surface area contributed by atoms with Gasteiger partial charge in [0.05, 0.1) is 27.8 Å². The van der Waals surface area contributed by atoms with Crippen LogP contribution in [-0.4, -0.2) is 14.1 Å². The molecule has 0 bridgehead atoms. The van der Waals surface area contributed by atoms with Crippen LogP contribution < -0.4 is 0 Å². The molecule has 280 valence electrons. The fourth-order valence-corrected chi connectivity index (χ4v) is 10.7. The van der Waals surface area contributed by atoms with Crippen molar-refractivity contribution in [3.05, 3.63) is 200 Å². The second kappa shape index (κ2) is 12.9. The van der Waals surface area contributed by atoms with Gasteiger partial charge in [0.2, 0.25) is 0 Å². The third-order valence-electron chi connectivity index (χ3n) is 12.1. The van der Waals surface area contributed by atoms with E-state index in [0.717, 1.165) is 77.9 Å². The van der Waals surface area contributed by atoms with Gasteiger partial charge in [-0.1, -0.05) is 133 Å². The molecule has 0 amide bonds. The molecule has 60 heavy (non-hydrogen) atoms. The summed E-state index contributed by atoms with van der Waals surface area (Å²) in [5.74, 6) is 0.872. The number of rotatable bonds is 5. The SMILES string of the molecule is c1ccc(-c2cc(-c3nc4ccccc4n3-c3ccccc3)c3c(c2)oc2c(-n4c5ccccc5c5cc(-c6cccc7c6sc6ccccc67)ccc54)cccc23)cc1. The number of hydrogen-bond donors (Lipinski definition) is 0. The summed E-state index contributed by atoms with van der Waals surface area (Å²) in [6.07, 6.45) is 0. The van der Waals surface area contributed by atoms with Crippen LogP contribution >= 0.6 is 11.3 Å². The monoisotopic (exact) mass is 783 g/mol. The van der Waals surface area contributed by atoms with Crippen molar-refractivity contribution in [1.29, 1.82) is 0 Å². The summed E-state index contributed by atoms with van der Waals surface area (Å²) >= 11 is 1.87. The summed E-state index contributed by atoms with van der Waals surface area (Å²) in [6.45, 7) is 0. The molecule has 13 rings (SSSR count). The first-order valence-electron chi connectivity index (χ1n) is 20.3. The number of hydrogen-bond acceptors (Lipinski definition) is 3. The lowest BCUT2D eigenvalue weighted by atomic mass is 9.98. The smallest absolute Gasteiger partial charge is 0.159 e. The molecule has 0 saturated carbocycles. The number of thiophene rings is 1. The van der Waals surface area contributed by atoms with E-state index in [1.54, 1.807) is 0 Å². The van der Waals surface area contributed by atoms with E-state index in [9.17, 15) is 0 Å². The molecule has 0 fully saturated rings. The van der Waals surface area contributed by atoms with Crippen molar-refractivity contribution in [3.63, 3.8) is 0 Å². The van der Waals surface area contributed by atoms with E-state index in [0.29, 0.717) is 0 Å². The number of aromatic nitrogens is 3. The maximum absolute atomic E-state index is 7.16. The molecule has 0 aliphatic heterocycles. The van der Waals surface area contributed by atoms with Crippen LogP contribution in [0.5, 0.6) is 0 Å². The van der Waals surface area contributed by atoms with Crippen molar-refractivity contribution in [2.24, 2.45) is 0 Å². The molecule has 5 heteroatoms. The minimum atomic E-state index is 0.819. The van der Waals surface area contributed by atoms with Crippen LogP contribution in [0.25, 0.3) is 120 Å². The number of nitrogens with zero attached hydrogens (tertiary/aromatic N) is 3. The molecule has 0 spiro atoms. The van der Waals surface area contributed by atoms with Gasteiger partial charge in [0, 0.05) is 53.0 Å². The summed E-state index contributed by atoms with van der Waals surface area (Å²) in [5, 5.41) is 7.11. The third-order valence-corrected chi connectivity index (χ3v) is 13.3. The van der Waals surface area contributed by atoms with Crippen LogP contribution in [-0.2, 0) is 0 Å². The second-order valence-corrected chi connectivity index (χ2v) is 16.5. The molecule has 13 aromatic rings. The number of imidazole rings is 1. The van der Waals surface area contributed by atoms with Gasteiger partial charge in [0.1, 0.15) is 11.4 Å². The Morgan fingerprint density at radius 2 is 1.13 bits per heavy atom. The molecule has 0 aliphatic rings. The Kier molecular flexibility index (Phi) is 7.14. The first-order valence-corrected chi connectivity index (χ1v) is 21.1. The van der Waals surface area contributed by atoms with Gasteiger partial charge in [-0.3, -0.25) is 4.57 Å². The van der Waals surface area contributed by atoms with Crippen molar-refractivity contribution in [1.82, 2.24) is 14.1 Å². The Morgan fingerprint density at radius 1 is 0.433 bits per heavy atom. The Labute approximate surface area is 348 Å². The molecule has 9 aromatic carbocycles. The van der Waals surface area contributed by atoms with Crippen molar-refractivity contribution >= 4 is 86.3 Å². The molecule has 0 atom stereocenters. The zero-order chi connectivity index (χ0) is 39.3. The maximum Gasteiger partial charge on any atom is 0.159 e. The normalized spacial score (nSPS) is 12.0. The van der Waals surface area contributed by atoms with Gasteiger partial charge in [0.15, 0.2) is 5.58 Å². The average molecular weight is 784 g/mol. The molecule has 4 aromatic heterocycles. The fourth-order valence-electron chi connectivity index (χ4n) is 9.48. The Bertz CT molecular complexity index is 3830. The topological polar surface area (TPSA) is 35.9 Å². The third kappa shape index (κ3) is 4.87. The Balaban J connectivity index is 1.08. The Morgan fingerprint density at radius 3 is 2.02 bits per heavy atom. The summed E-state index contributed by atoms with van der Waals surface area (Å²) in [5.41, 5.74) is 13.7.